The van der Waals surface area contributed by atoms with Crippen LogP contribution in [0.1, 0.15) is 11.7 Å². The molecule has 148 valence electrons. The third kappa shape index (κ3) is 4.10. The van der Waals surface area contributed by atoms with Crippen molar-refractivity contribution in [1.29, 1.82) is 0 Å². The van der Waals surface area contributed by atoms with E-state index in [0.717, 1.165) is 0 Å². The maximum atomic E-state index is 12.8. The maximum absolute atomic E-state index is 12.8. The Labute approximate surface area is 161 Å². The van der Waals surface area contributed by atoms with Crippen molar-refractivity contribution in [3.63, 3.8) is 0 Å². The van der Waals surface area contributed by atoms with Gasteiger partial charge in [0.2, 0.25) is 5.89 Å². The lowest BCUT2D eigenvalue weighted by molar-refractivity contribution is -0.274. The molecule has 0 fully saturated rings. The fourth-order valence-corrected chi connectivity index (χ4v) is 2.86. The van der Waals surface area contributed by atoms with Gasteiger partial charge < -0.3 is 9.26 Å². The average Bonchev–Trinajstić information content (AvgIpc) is 3.08. The second-order valence-electron chi connectivity index (χ2n) is 6.21. The average molecular weight is 402 g/mol. The molecule has 2 aromatic heterocycles. The Hall–Kier alpha value is -3.69. The highest BCUT2D eigenvalue weighted by molar-refractivity contribution is 5.83. The van der Waals surface area contributed by atoms with Crippen molar-refractivity contribution in [3.05, 3.63) is 70.9 Å². The first-order valence-electron chi connectivity index (χ1n) is 8.43. The molecular weight excluding hydrogens is 389 g/mol. The van der Waals surface area contributed by atoms with E-state index in [2.05, 4.69) is 19.9 Å². The number of fused-ring (bicyclic) bond motifs is 1. The van der Waals surface area contributed by atoms with Crippen molar-refractivity contribution >= 4 is 10.9 Å². The van der Waals surface area contributed by atoms with E-state index in [-0.39, 0.29) is 17.9 Å². The number of halogens is 3. The molecule has 0 amide bonds. The highest BCUT2D eigenvalue weighted by atomic mass is 19.4. The normalized spacial score (nSPS) is 11.7. The zero-order valence-electron chi connectivity index (χ0n) is 15.0. The van der Waals surface area contributed by atoms with E-state index >= 15 is 0 Å². The molecule has 0 unspecified atom stereocenters. The van der Waals surface area contributed by atoms with Gasteiger partial charge in [-0.25, -0.2) is 4.98 Å². The summed E-state index contributed by atoms with van der Waals surface area (Å²) in [6.45, 7) is 1.75. The minimum absolute atomic E-state index is 0.104. The van der Waals surface area contributed by atoms with Crippen molar-refractivity contribution in [2.45, 2.75) is 19.8 Å². The van der Waals surface area contributed by atoms with Crippen LogP contribution in [0.5, 0.6) is 5.75 Å². The summed E-state index contributed by atoms with van der Waals surface area (Å²) in [5.74, 6) is 0.422. The molecule has 0 aliphatic carbocycles. The molecule has 4 rings (SSSR count). The Bertz CT molecular complexity index is 1230. The van der Waals surface area contributed by atoms with E-state index < -0.39 is 6.36 Å². The molecule has 2 aromatic carbocycles. The summed E-state index contributed by atoms with van der Waals surface area (Å²) in [4.78, 5) is 21.2. The van der Waals surface area contributed by atoms with Crippen LogP contribution in [0, 0.1) is 6.92 Å². The van der Waals surface area contributed by atoms with Gasteiger partial charge in [0, 0.05) is 6.92 Å². The number of aromatic nitrogens is 4. The number of ether oxygens (including phenoxy) is 1. The Morgan fingerprint density at radius 1 is 1.10 bits per heavy atom. The van der Waals surface area contributed by atoms with E-state index in [9.17, 15) is 18.0 Å². The standard InChI is InChI=1S/C19H13F3N4O3/c1-11-24-17(25-29-11)9-26-10-23-16-7-4-13(8-15(16)18(26)27)12-2-5-14(6-3-12)28-19(20,21)22/h2-8,10H,9H2,1H3. The second kappa shape index (κ2) is 7.04. The molecule has 4 aromatic rings. The summed E-state index contributed by atoms with van der Waals surface area (Å²) in [5, 5.41) is 4.13. The van der Waals surface area contributed by atoms with Crippen LogP contribution >= 0.6 is 0 Å². The van der Waals surface area contributed by atoms with Crippen molar-refractivity contribution < 1.29 is 22.4 Å². The van der Waals surface area contributed by atoms with Gasteiger partial charge in [-0.2, -0.15) is 4.98 Å². The fraction of sp³-hybridized carbons (Fsp3) is 0.158. The minimum Gasteiger partial charge on any atom is -0.406 e. The fourth-order valence-electron chi connectivity index (χ4n) is 2.86. The largest absolute Gasteiger partial charge is 0.573 e. The summed E-state index contributed by atoms with van der Waals surface area (Å²) < 4.78 is 47.0. The van der Waals surface area contributed by atoms with Crippen molar-refractivity contribution in [2.24, 2.45) is 0 Å². The molecule has 0 spiro atoms. The molecule has 0 saturated heterocycles. The molecule has 10 heteroatoms. The van der Waals surface area contributed by atoms with Crippen LogP contribution < -0.4 is 10.3 Å². The van der Waals surface area contributed by atoms with Gasteiger partial charge in [0.25, 0.3) is 5.56 Å². The molecule has 0 radical (unpaired) electrons. The monoisotopic (exact) mass is 402 g/mol. The SMILES string of the molecule is Cc1nc(Cn2cnc3ccc(-c4ccc(OC(F)(F)F)cc4)cc3c2=O)no1. The Balaban J connectivity index is 1.67. The molecule has 7 nitrogen and oxygen atoms in total. The zero-order chi connectivity index (χ0) is 20.6. The Kier molecular flexibility index (Phi) is 4.53. The lowest BCUT2D eigenvalue weighted by Gasteiger charge is -2.10. The van der Waals surface area contributed by atoms with E-state index in [1.807, 2.05) is 0 Å². The van der Waals surface area contributed by atoms with Gasteiger partial charge in [-0.3, -0.25) is 9.36 Å². The third-order valence-electron chi connectivity index (χ3n) is 4.13. The number of benzene rings is 2. The maximum Gasteiger partial charge on any atom is 0.573 e. The highest BCUT2D eigenvalue weighted by Crippen LogP contribution is 2.27. The number of nitrogens with zero attached hydrogens (tertiary/aromatic N) is 4. The van der Waals surface area contributed by atoms with E-state index in [1.54, 1.807) is 25.1 Å². The molecule has 0 aliphatic rings. The quantitative estimate of drug-likeness (QED) is 0.518. The molecule has 0 saturated carbocycles. The lowest BCUT2D eigenvalue weighted by Crippen LogP contribution is -2.21. The van der Waals surface area contributed by atoms with Crippen LogP contribution in [0.2, 0.25) is 0 Å². The minimum atomic E-state index is -4.75. The van der Waals surface area contributed by atoms with Crippen LogP contribution in [0.4, 0.5) is 13.2 Å². The Morgan fingerprint density at radius 2 is 1.83 bits per heavy atom. The molecule has 0 bridgehead atoms. The summed E-state index contributed by atoms with van der Waals surface area (Å²) in [5.41, 5.74) is 1.49. The van der Waals surface area contributed by atoms with E-state index in [0.29, 0.717) is 33.7 Å². The predicted molar refractivity (Wildman–Crippen MR) is 96.3 cm³/mol. The van der Waals surface area contributed by atoms with Gasteiger partial charge >= 0.3 is 6.36 Å². The van der Waals surface area contributed by atoms with Crippen molar-refractivity contribution in [3.8, 4) is 16.9 Å². The van der Waals surface area contributed by atoms with Crippen molar-refractivity contribution in [1.82, 2.24) is 19.7 Å². The summed E-state index contributed by atoms with van der Waals surface area (Å²) in [6.07, 6.45) is -3.35. The molecule has 29 heavy (non-hydrogen) atoms. The molecule has 2 heterocycles. The van der Waals surface area contributed by atoms with Crippen molar-refractivity contribution in [2.75, 3.05) is 0 Å². The number of aryl methyl sites for hydroxylation is 1. The molecule has 0 N–H and O–H groups in total. The van der Waals surface area contributed by atoms with Gasteiger partial charge in [-0.1, -0.05) is 23.4 Å². The van der Waals surface area contributed by atoms with Crippen LogP contribution in [0.25, 0.3) is 22.0 Å². The van der Waals surface area contributed by atoms with Crippen LogP contribution in [0.15, 0.2) is 58.1 Å². The predicted octanol–water partition coefficient (Wildman–Crippen LogP) is 3.70. The van der Waals surface area contributed by atoms with Gasteiger partial charge in [0.1, 0.15) is 5.75 Å². The first kappa shape index (κ1) is 18.7. The molecular formula is C19H13F3N4O3. The first-order chi connectivity index (χ1) is 13.8. The number of rotatable bonds is 4. The second-order valence-corrected chi connectivity index (χ2v) is 6.21. The van der Waals surface area contributed by atoms with Crippen LogP contribution in [-0.2, 0) is 6.54 Å². The summed E-state index contributed by atoms with van der Waals surface area (Å²) in [6, 6.07) is 10.5. The number of hydrogen-bond acceptors (Lipinski definition) is 6. The number of hydrogen-bond donors (Lipinski definition) is 0. The number of alkyl halides is 3. The zero-order valence-corrected chi connectivity index (χ0v) is 15.0. The Morgan fingerprint density at radius 3 is 2.48 bits per heavy atom. The lowest BCUT2D eigenvalue weighted by atomic mass is 10.0. The highest BCUT2D eigenvalue weighted by Gasteiger charge is 2.30. The molecule has 0 atom stereocenters. The topological polar surface area (TPSA) is 83.0 Å². The third-order valence-corrected chi connectivity index (χ3v) is 4.13. The van der Waals surface area contributed by atoms with Crippen LogP contribution in [0.3, 0.4) is 0 Å². The first-order valence-corrected chi connectivity index (χ1v) is 8.43. The van der Waals surface area contributed by atoms with Crippen LogP contribution in [-0.4, -0.2) is 26.1 Å². The van der Waals surface area contributed by atoms with Gasteiger partial charge in [0.15, 0.2) is 5.82 Å². The van der Waals surface area contributed by atoms with Gasteiger partial charge in [-0.05, 0) is 35.4 Å². The summed E-state index contributed by atoms with van der Waals surface area (Å²) >= 11 is 0. The van der Waals surface area contributed by atoms with Gasteiger partial charge in [0.05, 0.1) is 23.8 Å². The summed E-state index contributed by atoms with van der Waals surface area (Å²) in [7, 11) is 0. The van der Waals surface area contributed by atoms with Gasteiger partial charge in [-0.15, -0.1) is 13.2 Å². The molecule has 0 aliphatic heterocycles. The van der Waals surface area contributed by atoms with E-state index in [4.69, 9.17) is 4.52 Å². The van der Waals surface area contributed by atoms with E-state index in [1.165, 1.54) is 35.2 Å². The smallest absolute Gasteiger partial charge is 0.406 e.